The summed E-state index contributed by atoms with van der Waals surface area (Å²) < 4.78 is 14.4. The van der Waals surface area contributed by atoms with Crippen LogP contribution in [0.25, 0.3) is 22.2 Å². The standard InChI is InChI=1S/C21H16ClFN4O/c22-12-3-4-16(23)14(9-12)15-10-18(19(11-1-2-11)27-21(15)28)26-17-6-8-25-20-13(17)5-7-24-20/h3-11H,1-2H2,(H,27,28)(H2,24,25,26). The number of rotatable bonds is 4. The molecule has 3 heterocycles. The van der Waals surface area contributed by atoms with E-state index in [1.165, 1.54) is 18.2 Å². The summed E-state index contributed by atoms with van der Waals surface area (Å²) in [7, 11) is 0. The van der Waals surface area contributed by atoms with Gasteiger partial charge >= 0.3 is 0 Å². The molecule has 5 rings (SSSR count). The monoisotopic (exact) mass is 394 g/mol. The Morgan fingerprint density at radius 2 is 1.96 bits per heavy atom. The van der Waals surface area contributed by atoms with Crippen molar-refractivity contribution in [1.29, 1.82) is 0 Å². The number of halogens is 2. The van der Waals surface area contributed by atoms with Crippen molar-refractivity contribution in [3.8, 4) is 11.1 Å². The molecule has 4 aromatic rings. The van der Waals surface area contributed by atoms with Gasteiger partial charge in [0.25, 0.3) is 5.56 Å². The van der Waals surface area contributed by atoms with E-state index in [0.29, 0.717) is 10.9 Å². The molecule has 0 saturated heterocycles. The minimum Gasteiger partial charge on any atom is -0.353 e. The van der Waals surface area contributed by atoms with E-state index >= 15 is 0 Å². The molecule has 0 unspecified atom stereocenters. The second-order valence-electron chi connectivity index (χ2n) is 6.96. The molecule has 1 aromatic carbocycles. The first-order valence-electron chi connectivity index (χ1n) is 9.02. The van der Waals surface area contributed by atoms with Crippen molar-refractivity contribution in [2.45, 2.75) is 18.8 Å². The van der Waals surface area contributed by atoms with Crippen LogP contribution in [0.5, 0.6) is 0 Å². The molecule has 1 aliphatic carbocycles. The van der Waals surface area contributed by atoms with E-state index in [-0.39, 0.29) is 16.7 Å². The maximum Gasteiger partial charge on any atom is 0.256 e. The van der Waals surface area contributed by atoms with E-state index in [0.717, 1.165) is 40.9 Å². The number of hydrogen-bond acceptors (Lipinski definition) is 3. The summed E-state index contributed by atoms with van der Waals surface area (Å²) in [5, 5.41) is 4.72. The molecule has 3 aromatic heterocycles. The first kappa shape index (κ1) is 17.0. The predicted octanol–water partition coefficient (Wildman–Crippen LogP) is 5.33. The van der Waals surface area contributed by atoms with Crippen molar-refractivity contribution < 1.29 is 4.39 Å². The van der Waals surface area contributed by atoms with Crippen LogP contribution in [-0.2, 0) is 0 Å². The number of pyridine rings is 2. The van der Waals surface area contributed by atoms with Gasteiger partial charge in [-0.25, -0.2) is 9.37 Å². The van der Waals surface area contributed by atoms with Crippen molar-refractivity contribution in [3.05, 3.63) is 75.7 Å². The molecule has 140 valence electrons. The van der Waals surface area contributed by atoms with Crippen molar-refractivity contribution in [3.63, 3.8) is 0 Å². The Morgan fingerprint density at radius 3 is 2.79 bits per heavy atom. The van der Waals surface area contributed by atoms with Gasteiger partial charge in [-0.15, -0.1) is 0 Å². The molecule has 1 saturated carbocycles. The first-order valence-corrected chi connectivity index (χ1v) is 9.40. The lowest BCUT2D eigenvalue weighted by molar-refractivity contribution is 0.631. The molecule has 0 amide bonds. The lowest BCUT2D eigenvalue weighted by atomic mass is 10.0. The number of benzene rings is 1. The maximum atomic E-state index is 14.4. The molecule has 0 radical (unpaired) electrons. The number of aromatic nitrogens is 3. The zero-order valence-corrected chi connectivity index (χ0v) is 15.5. The Bertz CT molecular complexity index is 1260. The molecule has 5 nitrogen and oxygen atoms in total. The average Bonchev–Trinajstić information content (AvgIpc) is 3.41. The smallest absolute Gasteiger partial charge is 0.256 e. The van der Waals surface area contributed by atoms with Gasteiger partial charge in [0.2, 0.25) is 0 Å². The molecule has 0 bridgehead atoms. The number of H-pyrrole nitrogens is 2. The van der Waals surface area contributed by atoms with Crippen LogP contribution in [-0.4, -0.2) is 15.0 Å². The summed E-state index contributed by atoms with van der Waals surface area (Å²) in [5.41, 5.74) is 3.32. The van der Waals surface area contributed by atoms with Gasteiger partial charge in [0.05, 0.1) is 16.9 Å². The van der Waals surface area contributed by atoms with Crippen LogP contribution in [0.3, 0.4) is 0 Å². The van der Waals surface area contributed by atoms with Crippen LogP contribution in [0.15, 0.2) is 53.6 Å². The maximum absolute atomic E-state index is 14.4. The topological polar surface area (TPSA) is 73.6 Å². The van der Waals surface area contributed by atoms with Crippen LogP contribution in [0.1, 0.15) is 24.5 Å². The van der Waals surface area contributed by atoms with Crippen molar-refractivity contribution in [2.75, 3.05) is 5.32 Å². The molecule has 0 spiro atoms. The van der Waals surface area contributed by atoms with Gasteiger partial charge in [0.15, 0.2) is 0 Å². The minimum atomic E-state index is -0.489. The number of anilines is 2. The lowest BCUT2D eigenvalue weighted by Gasteiger charge is -2.14. The average molecular weight is 395 g/mol. The number of nitrogens with one attached hydrogen (secondary N) is 3. The summed E-state index contributed by atoms with van der Waals surface area (Å²) in [4.78, 5) is 23.0. The van der Waals surface area contributed by atoms with Crippen LogP contribution < -0.4 is 10.9 Å². The number of aromatic amines is 2. The number of nitrogens with zero attached hydrogens (tertiary/aromatic N) is 1. The second-order valence-corrected chi connectivity index (χ2v) is 7.40. The summed E-state index contributed by atoms with van der Waals surface area (Å²) >= 11 is 6.03. The van der Waals surface area contributed by atoms with Gasteiger partial charge in [-0.2, -0.15) is 0 Å². The Labute approximate surface area is 164 Å². The fraction of sp³-hybridized carbons (Fsp3) is 0.143. The molecule has 0 atom stereocenters. The molecular weight excluding hydrogens is 379 g/mol. The van der Waals surface area contributed by atoms with Crippen LogP contribution >= 0.6 is 11.6 Å². The fourth-order valence-electron chi connectivity index (χ4n) is 3.46. The summed E-state index contributed by atoms with van der Waals surface area (Å²) in [5.74, 6) is -0.186. The zero-order valence-electron chi connectivity index (χ0n) is 14.7. The van der Waals surface area contributed by atoms with Gasteiger partial charge in [0, 0.05) is 40.0 Å². The third-order valence-corrected chi connectivity index (χ3v) is 5.24. The van der Waals surface area contributed by atoms with E-state index in [9.17, 15) is 9.18 Å². The molecule has 1 fully saturated rings. The van der Waals surface area contributed by atoms with Crippen molar-refractivity contribution >= 4 is 34.0 Å². The lowest BCUT2D eigenvalue weighted by Crippen LogP contribution is -2.14. The highest BCUT2D eigenvalue weighted by Gasteiger charge is 2.28. The molecule has 0 aliphatic heterocycles. The predicted molar refractivity (Wildman–Crippen MR) is 109 cm³/mol. The van der Waals surface area contributed by atoms with E-state index < -0.39 is 5.82 Å². The Hall–Kier alpha value is -3.12. The summed E-state index contributed by atoms with van der Waals surface area (Å²) in [6, 6.07) is 9.72. The molecule has 7 heteroatoms. The van der Waals surface area contributed by atoms with Crippen molar-refractivity contribution in [2.24, 2.45) is 0 Å². The van der Waals surface area contributed by atoms with E-state index in [1.807, 2.05) is 18.3 Å². The van der Waals surface area contributed by atoms with E-state index in [1.54, 1.807) is 12.3 Å². The molecule has 1 aliphatic rings. The highest BCUT2D eigenvalue weighted by molar-refractivity contribution is 6.30. The van der Waals surface area contributed by atoms with Crippen LogP contribution in [0, 0.1) is 5.82 Å². The summed E-state index contributed by atoms with van der Waals surface area (Å²) in [6.07, 6.45) is 5.57. The van der Waals surface area contributed by atoms with Crippen molar-refractivity contribution in [1.82, 2.24) is 15.0 Å². The second kappa shape index (κ2) is 6.49. The van der Waals surface area contributed by atoms with E-state index in [4.69, 9.17) is 11.6 Å². The Balaban J connectivity index is 1.67. The molecule has 3 N–H and O–H groups in total. The SMILES string of the molecule is O=c1[nH]c(C2CC2)c(Nc2ccnc3[nH]ccc23)cc1-c1cc(Cl)ccc1F. The molecular formula is C21H16ClFN4O. The highest BCUT2D eigenvalue weighted by Crippen LogP contribution is 2.43. The van der Waals surface area contributed by atoms with Crippen LogP contribution in [0.4, 0.5) is 15.8 Å². The van der Waals surface area contributed by atoms with Gasteiger partial charge in [-0.1, -0.05) is 11.6 Å². The van der Waals surface area contributed by atoms with Gasteiger partial charge < -0.3 is 15.3 Å². The first-order chi connectivity index (χ1) is 13.6. The number of hydrogen-bond donors (Lipinski definition) is 3. The van der Waals surface area contributed by atoms with Gasteiger partial charge in [-0.05, 0) is 49.2 Å². The third kappa shape index (κ3) is 2.96. The normalized spacial score (nSPS) is 13.8. The highest BCUT2D eigenvalue weighted by atomic mass is 35.5. The third-order valence-electron chi connectivity index (χ3n) is 5.01. The Morgan fingerprint density at radius 1 is 1.11 bits per heavy atom. The quantitative estimate of drug-likeness (QED) is 0.438. The van der Waals surface area contributed by atoms with Gasteiger partial charge in [-0.3, -0.25) is 4.79 Å². The summed E-state index contributed by atoms with van der Waals surface area (Å²) in [6.45, 7) is 0. The zero-order chi connectivity index (χ0) is 19.3. The minimum absolute atomic E-state index is 0.181. The Kier molecular flexibility index (Phi) is 3.94. The van der Waals surface area contributed by atoms with E-state index in [2.05, 4.69) is 20.3 Å². The van der Waals surface area contributed by atoms with Crippen LogP contribution in [0.2, 0.25) is 5.02 Å². The fourth-order valence-corrected chi connectivity index (χ4v) is 3.63. The molecule has 28 heavy (non-hydrogen) atoms. The largest absolute Gasteiger partial charge is 0.353 e. The van der Waals surface area contributed by atoms with Gasteiger partial charge in [0.1, 0.15) is 11.5 Å². The number of fused-ring (bicyclic) bond motifs is 1.